The van der Waals surface area contributed by atoms with E-state index in [9.17, 15) is 9.59 Å². The number of carbonyl (C=O) groups is 2. The van der Waals surface area contributed by atoms with Crippen LogP contribution in [0.4, 0.5) is 16.2 Å². The molecule has 1 fully saturated rings. The third-order valence-corrected chi connectivity index (χ3v) is 5.01. The van der Waals surface area contributed by atoms with E-state index in [1.807, 2.05) is 0 Å². The summed E-state index contributed by atoms with van der Waals surface area (Å²) in [7, 11) is 0. The van der Waals surface area contributed by atoms with Crippen LogP contribution in [0.3, 0.4) is 0 Å². The van der Waals surface area contributed by atoms with Crippen LogP contribution in [-0.2, 0) is 0 Å². The zero-order valence-electron chi connectivity index (χ0n) is 11.7. The Morgan fingerprint density at radius 2 is 2.32 bits per heavy atom. The van der Waals surface area contributed by atoms with Crippen LogP contribution < -0.4 is 21.3 Å². The van der Waals surface area contributed by atoms with E-state index in [4.69, 9.17) is 0 Å². The lowest BCUT2D eigenvalue weighted by molar-refractivity contribution is 0.0935. The van der Waals surface area contributed by atoms with Crippen molar-refractivity contribution in [1.82, 2.24) is 15.6 Å². The smallest absolute Gasteiger partial charge is 0.323 e. The molecule has 2 aliphatic rings. The molecule has 0 spiro atoms. The minimum absolute atomic E-state index is 0.128. The predicted octanol–water partition coefficient (Wildman–Crippen LogP) is 1.74. The van der Waals surface area contributed by atoms with Gasteiger partial charge in [0.2, 0.25) is 0 Å². The number of thiophene rings is 1. The Morgan fingerprint density at radius 3 is 3.14 bits per heavy atom. The topological polar surface area (TPSA) is 95.2 Å². The van der Waals surface area contributed by atoms with Crippen LogP contribution in [0.5, 0.6) is 0 Å². The van der Waals surface area contributed by atoms with Gasteiger partial charge in [0.15, 0.2) is 0 Å². The Morgan fingerprint density at radius 1 is 1.41 bits per heavy atom. The van der Waals surface area contributed by atoms with Crippen LogP contribution in [0.2, 0.25) is 0 Å². The minimum Gasteiger partial charge on any atom is -0.347 e. The monoisotopic (exact) mass is 317 g/mol. The number of hydrogen-bond donors (Lipinski definition) is 4. The first kappa shape index (κ1) is 13.5. The van der Waals surface area contributed by atoms with E-state index in [2.05, 4.69) is 26.3 Å². The molecule has 3 amide bonds. The second kappa shape index (κ2) is 5.22. The lowest BCUT2D eigenvalue weighted by atomic mass is 10.1. The third kappa shape index (κ3) is 2.20. The molecule has 0 bridgehead atoms. The maximum Gasteiger partial charge on any atom is 0.323 e. The van der Waals surface area contributed by atoms with E-state index in [1.54, 1.807) is 12.3 Å². The molecule has 8 heteroatoms. The average molecular weight is 317 g/mol. The number of urea groups is 1. The fraction of sp³-hybridized carbons (Fsp3) is 0.357. The van der Waals surface area contributed by atoms with Gasteiger partial charge < -0.3 is 21.3 Å². The van der Waals surface area contributed by atoms with Crippen LogP contribution in [-0.4, -0.2) is 36.1 Å². The van der Waals surface area contributed by atoms with Crippen molar-refractivity contribution in [2.24, 2.45) is 0 Å². The van der Waals surface area contributed by atoms with Gasteiger partial charge in [-0.15, -0.1) is 11.3 Å². The molecule has 1 saturated heterocycles. The van der Waals surface area contributed by atoms with E-state index in [0.717, 1.165) is 36.1 Å². The average Bonchev–Trinajstić information content (AvgIpc) is 2.88. The Bertz CT molecular complexity index is 766. The number of nitrogens with zero attached hydrogens (tertiary/aromatic N) is 1. The van der Waals surface area contributed by atoms with Crippen LogP contribution in [0.15, 0.2) is 12.3 Å². The molecule has 0 aliphatic carbocycles. The second-order valence-electron chi connectivity index (χ2n) is 5.44. The molecule has 2 aromatic heterocycles. The standard InChI is InChI=1S/C14H15N5O2S/c20-12(17-7-2-1-4-15-6-7)11-10-9-8(18-14(21)19-10)3-5-16-13(9)22-11/h3,5,7,15H,1-2,4,6H2,(H,17,20)(H2,18,19,21)/t7-/m1/s1. The number of rotatable bonds is 2. The van der Waals surface area contributed by atoms with Gasteiger partial charge in [-0.25, -0.2) is 9.78 Å². The van der Waals surface area contributed by atoms with Crippen molar-refractivity contribution in [3.63, 3.8) is 0 Å². The molecule has 4 N–H and O–H groups in total. The number of amides is 3. The summed E-state index contributed by atoms with van der Waals surface area (Å²) < 4.78 is 0. The van der Waals surface area contributed by atoms with Crippen LogP contribution in [0.1, 0.15) is 22.5 Å². The highest BCUT2D eigenvalue weighted by Gasteiger charge is 2.27. The highest BCUT2D eigenvalue weighted by atomic mass is 32.1. The van der Waals surface area contributed by atoms with Gasteiger partial charge in [-0.05, 0) is 25.5 Å². The number of hydrogen-bond acceptors (Lipinski definition) is 5. The molecule has 114 valence electrons. The van der Waals surface area contributed by atoms with Gasteiger partial charge in [-0.3, -0.25) is 4.79 Å². The van der Waals surface area contributed by atoms with Gasteiger partial charge in [-0.2, -0.15) is 0 Å². The van der Waals surface area contributed by atoms with E-state index in [-0.39, 0.29) is 18.0 Å². The number of pyridine rings is 1. The van der Waals surface area contributed by atoms with Gasteiger partial charge in [-0.1, -0.05) is 0 Å². The molecule has 4 rings (SSSR count). The minimum atomic E-state index is -0.327. The zero-order chi connectivity index (χ0) is 15.1. The largest absolute Gasteiger partial charge is 0.347 e. The van der Waals surface area contributed by atoms with Crippen LogP contribution >= 0.6 is 11.3 Å². The first-order chi connectivity index (χ1) is 10.7. The van der Waals surface area contributed by atoms with Crippen molar-refractivity contribution in [2.75, 3.05) is 23.7 Å². The van der Waals surface area contributed by atoms with Crippen molar-refractivity contribution in [3.8, 4) is 0 Å². The van der Waals surface area contributed by atoms with Gasteiger partial charge >= 0.3 is 6.03 Å². The lowest BCUT2D eigenvalue weighted by Gasteiger charge is -2.24. The molecular formula is C14H15N5O2S. The van der Waals surface area contributed by atoms with Crippen molar-refractivity contribution < 1.29 is 9.59 Å². The molecule has 0 saturated carbocycles. The van der Waals surface area contributed by atoms with Gasteiger partial charge in [0.1, 0.15) is 9.71 Å². The Hall–Kier alpha value is -2.19. The van der Waals surface area contributed by atoms with E-state index < -0.39 is 0 Å². The summed E-state index contributed by atoms with van der Waals surface area (Å²) in [5.41, 5.74) is 1.26. The molecule has 7 nitrogen and oxygen atoms in total. The molecule has 0 aromatic carbocycles. The number of nitrogens with one attached hydrogen (secondary N) is 4. The molecule has 1 atom stereocenters. The maximum atomic E-state index is 12.6. The summed E-state index contributed by atoms with van der Waals surface area (Å²) in [4.78, 5) is 29.9. The fourth-order valence-electron chi connectivity index (χ4n) is 2.90. The van der Waals surface area contributed by atoms with Crippen molar-refractivity contribution in [1.29, 1.82) is 0 Å². The van der Waals surface area contributed by atoms with E-state index >= 15 is 0 Å². The third-order valence-electron chi connectivity index (χ3n) is 3.92. The quantitative estimate of drug-likeness (QED) is 0.678. The Balaban J connectivity index is 1.70. The first-order valence-corrected chi connectivity index (χ1v) is 8.05. The Labute approximate surface area is 130 Å². The van der Waals surface area contributed by atoms with E-state index in [1.165, 1.54) is 11.3 Å². The second-order valence-corrected chi connectivity index (χ2v) is 6.44. The molecule has 2 aromatic rings. The van der Waals surface area contributed by atoms with Crippen LogP contribution in [0.25, 0.3) is 10.2 Å². The number of anilines is 2. The summed E-state index contributed by atoms with van der Waals surface area (Å²) in [6, 6.07) is 1.54. The highest BCUT2D eigenvalue weighted by molar-refractivity contribution is 7.21. The highest BCUT2D eigenvalue weighted by Crippen LogP contribution is 2.41. The predicted molar refractivity (Wildman–Crippen MR) is 85.6 cm³/mol. The maximum absolute atomic E-state index is 12.6. The molecule has 22 heavy (non-hydrogen) atoms. The molecule has 0 radical (unpaired) electrons. The molecular weight excluding hydrogens is 302 g/mol. The summed E-state index contributed by atoms with van der Waals surface area (Å²) in [5.74, 6) is -0.153. The number of aromatic nitrogens is 1. The van der Waals surface area contributed by atoms with E-state index in [0.29, 0.717) is 16.3 Å². The Kier molecular flexibility index (Phi) is 3.20. The van der Waals surface area contributed by atoms with Crippen molar-refractivity contribution >= 4 is 44.9 Å². The van der Waals surface area contributed by atoms with Crippen molar-refractivity contribution in [2.45, 2.75) is 18.9 Å². The first-order valence-electron chi connectivity index (χ1n) is 7.23. The molecule has 2 aliphatic heterocycles. The fourth-order valence-corrected chi connectivity index (χ4v) is 3.93. The van der Waals surface area contributed by atoms with Crippen LogP contribution in [0, 0.1) is 0 Å². The van der Waals surface area contributed by atoms with Gasteiger partial charge in [0, 0.05) is 18.8 Å². The zero-order valence-corrected chi connectivity index (χ0v) is 12.5. The molecule has 4 heterocycles. The molecule has 0 unspecified atom stereocenters. The van der Waals surface area contributed by atoms with Gasteiger partial charge in [0.05, 0.1) is 16.8 Å². The summed E-state index contributed by atoms with van der Waals surface area (Å²) in [6.07, 6.45) is 3.66. The summed E-state index contributed by atoms with van der Waals surface area (Å²) in [5, 5.41) is 12.6. The summed E-state index contributed by atoms with van der Waals surface area (Å²) in [6.45, 7) is 1.78. The normalized spacial score (nSPS) is 20.4. The number of carbonyl (C=O) groups excluding carboxylic acids is 2. The SMILES string of the molecule is O=C1Nc2ccnc3sc(C(=O)N[C@@H]4CCCNC4)c(c23)N1. The lowest BCUT2D eigenvalue weighted by Crippen LogP contribution is -2.45. The van der Waals surface area contributed by atoms with Gasteiger partial charge in [0.25, 0.3) is 5.91 Å². The summed E-state index contributed by atoms with van der Waals surface area (Å²) >= 11 is 1.30. The number of piperidine rings is 1. The van der Waals surface area contributed by atoms with Crippen molar-refractivity contribution in [3.05, 3.63) is 17.1 Å².